The number of hydrogen-bond acceptors (Lipinski definition) is 9. The van der Waals surface area contributed by atoms with E-state index in [0.717, 1.165) is 6.07 Å². The van der Waals surface area contributed by atoms with Gasteiger partial charge in [-0.1, -0.05) is 23.7 Å². The Morgan fingerprint density at radius 1 is 0.818 bits per heavy atom. The molecule has 3 rings (SSSR count). The molecule has 0 fully saturated rings. The Morgan fingerprint density at radius 2 is 1.48 bits per heavy atom. The number of benzene rings is 3. The van der Waals surface area contributed by atoms with Gasteiger partial charge in [0.2, 0.25) is 0 Å². The van der Waals surface area contributed by atoms with Gasteiger partial charge in [-0.15, -0.1) is 0 Å². The predicted octanol–water partition coefficient (Wildman–Crippen LogP) is 5.21. The molecule has 168 valence electrons. The van der Waals surface area contributed by atoms with E-state index >= 15 is 0 Å². The first-order chi connectivity index (χ1) is 15.7. The molecule has 0 heterocycles. The number of hydrogen-bond donors (Lipinski definition) is 0. The van der Waals surface area contributed by atoms with Crippen LogP contribution in [0.3, 0.4) is 0 Å². The van der Waals surface area contributed by atoms with Gasteiger partial charge in [-0.2, -0.15) is 0 Å². The van der Waals surface area contributed by atoms with E-state index in [1.807, 2.05) is 0 Å². The maximum absolute atomic E-state index is 12.4. The highest BCUT2D eigenvalue weighted by atomic mass is 35.5. The van der Waals surface area contributed by atoms with E-state index in [1.165, 1.54) is 30.3 Å². The summed E-state index contributed by atoms with van der Waals surface area (Å²) < 4.78 is 10.7. The largest absolute Gasteiger partial charge is 0.457 e. The van der Waals surface area contributed by atoms with Gasteiger partial charge in [0.05, 0.1) is 26.4 Å². The van der Waals surface area contributed by atoms with E-state index in [9.17, 15) is 35.1 Å². The summed E-state index contributed by atoms with van der Waals surface area (Å²) >= 11 is 5.88. The third-order valence-corrected chi connectivity index (χ3v) is 4.61. The van der Waals surface area contributed by atoms with Crippen molar-refractivity contribution in [1.82, 2.24) is 0 Å². The molecule has 3 aromatic rings. The van der Waals surface area contributed by atoms with Gasteiger partial charge >= 0.3 is 5.97 Å². The zero-order valence-corrected chi connectivity index (χ0v) is 17.1. The summed E-state index contributed by atoms with van der Waals surface area (Å²) in [6.45, 7) is -0.289. The summed E-state index contributed by atoms with van der Waals surface area (Å²) in [5, 5.41) is 32.3. The zero-order valence-electron chi connectivity index (χ0n) is 16.4. The zero-order chi connectivity index (χ0) is 24.1. The molecule has 0 aliphatic rings. The fourth-order valence-electron chi connectivity index (χ4n) is 2.68. The molecule has 33 heavy (non-hydrogen) atoms. The van der Waals surface area contributed by atoms with Gasteiger partial charge in [-0.25, -0.2) is 4.79 Å². The molecule has 0 saturated heterocycles. The van der Waals surface area contributed by atoms with Gasteiger partial charge in [-0.05, 0) is 29.8 Å². The van der Waals surface area contributed by atoms with Crippen LogP contribution >= 0.6 is 11.6 Å². The quantitative estimate of drug-likeness (QED) is 0.242. The fraction of sp³-hybridized carbons (Fsp3) is 0.0500. The highest BCUT2D eigenvalue weighted by Crippen LogP contribution is 2.33. The Balaban J connectivity index is 1.74. The number of nitrogens with zero attached hydrogens (tertiary/aromatic N) is 3. The van der Waals surface area contributed by atoms with E-state index in [4.69, 9.17) is 21.1 Å². The number of halogens is 1. The summed E-state index contributed by atoms with van der Waals surface area (Å²) in [7, 11) is 0. The van der Waals surface area contributed by atoms with Crippen LogP contribution in [-0.2, 0) is 11.3 Å². The van der Waals surface area contributed by atoms with Gasteiger partial charge in [0.15, 0.2) is 0 Å². The van der Waals surface area contributed by atoms with Gasteiger partial charge in [0.25, 0.3) is 17.1 Å². The second kappa shape index (κ2) is 9.70. The maximum atomic E-state index is 12.4. The Labute approximate surface area is 189 Å². The Bertz CT molecular complexity index is 1260. The average Bonchev–Trinajstić information content (AvgIpc) is 2.78. The molecule has 13 heteroatoms. The van der Waals surface area contributed by atoms with Crippen LogP contribution in [0.1, 0.15) is 15.9 Å². The maximum Gasteiger partial charge on any atom is 0.340 e. The molecule has 0 atom stereocenters. The molecule has 0 N–H and O–H groups in total. The fourth-order valence-corrected chi connectivity index (χ4v) is 2.93. The number of ether oxygens (including phenoxy) is 2. The number of carbonyl (C=O) groups excluding carboxylic acids is 1. The van der Waals surface area contributed by atoms with Gasteiger partial charge < -0.3 is 9.47 Å². The van der Waals surface area contributed by atoms with E-state index < -0.39 is 42.7 Å². The van der Waals surface area contributed by atoms with Crippen molar-refractivity contribution in [2.75, 3.05) is 0 Å². The minimum absolute atomic E-state index is 0.0944. The Kier molecular flexibility index (Phi) is 6.79. The lowest BCUT2D eigenvalue weighted by atomic mass is 10.1. The van der Waals surface area contributed by atoms with E-state index in [0.29, 0.717) is 23.1 Å². The summed E-state index contributed by atoms with van der Waals surface area (Å²) in [4.78, 5) is 42.9. The Morgan fingerprint density at radius 3 is 2.09 bits per heavy atom. The SMILES string of the molecule is O=C(OCc1cccc(Oc2ccc([N+](=O)[O-])cc2)c1)c1cc([N+](=O)[O-])cc([N+](=O)[O-])c1Cl. The molecular formula is C20H12ClN3O9. The first-order valence-electron chi connectivity index (χ1n) is 8.96. The second-order valence-corrected chi connectivity index (χ2v) is 6.80. The molecule has 0 aliphatic heterocycles. The lowest BCUT2D eigenvalue weighted by molar-refractivity contribution is -0.394. The van der Waals surface area contributed by atoms with Gasteiger partial charge in [0.1, 0.15) is 23.1 Å². The van der Waals surface area contributed by atoms with Crippen molar-refractivity contribution < 1.29 is 29.0 Å². The lowest BCUT2D eigenvalue weighted by Gasteiger charge is -2.09. The number of carbonyl (C=O) groups is 1. The first kappa shape index (κ1) is 23.1. The molecule has 0 amide bonds. The molecule has 0 radical (unpaired) electrons. The van der Waals surface area contributed by atoms with Crippen LogP contribution < -0.4 is 4.74 Å². The predicted molar refractivity (Wildman–Crippen MR) is 113 cm³/mol. The molecule has 0 saturated carbocycles. The van der Waals surface area contributed by atoms with E-state index in [-0.39, 0.29) is 12.3 Å². The van der Waals surface area contributed by atoms with Crippen LogP contribution in [-0.4, -0.2) is 20.7 Å². The van der Waals surface area contributed by atoms with E-state index in [1.54, 1.807) is 18.2 Å². The highest BCUT2D eigenvalue weighted by molar-refractivity contribution is 6.35. The monoisotopic (exact) mass is 473 g/mol. The minimum atomic E-state index is -1.09. The molecular weight excluding hydrogens is 462 g/mol. The van der Waals surface area contributed by atoms with E-state index in [2.05, 4.69) is 0 Å². The highest BCUT2D eigenvalue weighted by Gasteiger charge is 2.27. The van der Waals surface area contributed by atoms with Crippen LogP contribution in [0.4, 0.5) is 17.1 Å². The summed E-state index contributed by atoms with van der Waals surface area (Å²) in [5.74, 6) is -0.402. The van der Waals surface area contributed by atoms with Crippen LogP contribution in [0.2, 0.25) is 5.02 Å². The van der Waals surface area contributed by atoms with Crippen molar-refractivity contribution in [2.24, 2.45) is 0 Å². The topological polar surface area (TPSA) is 165 Å². The van der Waals surface area contributed by atoms with Crippen molar-refractivity contribution in [1.29, 1.82) is 0 Å². The van der Waals surface area contributed by atoms with Crippen LogP contribution in [0.5, 0.6) is 11.5 Å². The third kappa shape index (κ3) is 5.57. The molecule has 0 aliphatic carbocycles. The molecule has 0 spiro atoms. The van der Waals surface area contributed by atoms with Crippen molar-refractivity contribution in [2.45, 2.75) is 6.61 Å². The van der Waals surface area contributed by atoms with Crippen molar-refractivity contribution in [3.63, 3.8) is 0 Å². The first-order valence-corrected chi connectivity index (χ1v) is 9.34. The van der Waals surface area contributed by atoms with Gasteiger partial charge in [0, 0.05) is 18.2 Å². The summed E-state index contributed by atoms with van der Waals surface area (Å²) in [6.07, 6.45) is 0. The van der Waals surface area contributed by atoms with Crippen molar-refractivity contribution >= 4 is 34.6 Å². The smallest absolute Gasteiger partial charge is 0.340 e. The lowest BCUT2D eigenvalue weighted by Crippen LogP contribution is -2.08. The molecule has 0 aromatic heterocycles. The third-order valence-electron chi connectivity index (χ3n) is 4.22. The summed E-state index contributed by atoms with van der Waals surface area (Å²) in [6, 6.07) is 13.2. The summed E-state index contributed by atoms with van der Waals surface area (Å²) in [5.41, 5.74) is -1.62. The number of nitro benzene ring substituents is 3. The number of rotatable bonds is 8. The normalized spacial score (nSPS) is 10.3. The van der Waals surface area contributed by atoms with Crippen LogP contribution in [0.15, 0.2) is 60.7 Å². The minimum Gasteiger partial charge on any atom is -0.457 e. The average molecular weight is 474 g/mol. The Hall–Kier alpha value is -4.58. The van der Waals surface area contributed by atoms with Gasteiger partial charge in [-0.3, -0.25) is 30.3 Å². The molecule has 0 bridgehead atoms. The van der Waals surface area contributed by atoms with Crippen LogP contribution in [0.25, 0.3) is 0 Å². The number of non-ortho nitro benzene ring substituents is 2. The van der Waals surface area contributed by atoms with Crippen molar-refractivity contribution in [3.05, 3.63) is 107 Å². The van der Waals surface area contributed by atoms with Crippen molar-refractivity contribution in [3.8, 4) is 11.5 Å². The number of esters is 1. The molecule has 0 unspecified atom stereocenters. The number of nitro groups is 3. The molecule has 3 aromatic carbocycles. The van der Waals surface area contributed by atoms with Crippen LogP contribution in [0, 0.1) is 30.3 Å². The molecule has 12 nitrogen and oxygen atoms in total. The standard InChI is InChI=1S/C20H12ClN3O9/c21-19-17(9-14(23(28)29)10-18(19)24(30)31)20(25)32-11-12-2-1-3-16(8-12)33-15-6-4-13(5-7-15)22(26)27/h1-10H,11H2. The second-order valence-electron chi connectivity index (χ2n) is 6.42.